The maximum Gasteiger partial charge on any atom is 0.232 e. The summed E-state index contributed by atoms with van der Waals surface area (Å²) in [7, 11) is 3.56. The Hall–Kier alpha value is -2.56. The minimum Gasteiger partial charge on any atom is -0.497 e. The van der Waals surface area contributed by atoms with E-state index in [1.165, 1.54) is 17.8 Å². The zero-order valence-electron chi connectivity index (χ0n) is 17.1. The van der Waals surface area contributed by atoms with E-state index in [9.17, 15) is 9.18 Å². The largest absolute Gasteiger partial charge is 0.497 e. The molecule has 2 aromatic carbocycles. The molecular weight excluding hydrogens is 355 g/mol. The highest BCUT2D eigenvalue weighted by atomic mass is 19.1. The first-order chi connectivity index (χ1) is 13.3. The van der Waals surface area contributed by atoms with E-state index >= 15 is 0 Å². The summed E-state index contributed by atoms with van der Waals surface area (Å²) in [6, 6.07) is 14.5. The molecule has 3 rings (SSSR count). The van der Waals surface area contributed by atoms with Crippen LogP contribution in [0.4, 0.5) is 10.1 Å². The standard InChI is InChI=1S/C23H29FN2O2/c1-23(2,17-5-7-18(24)8-6-17)22(27)25(3)19-13-15-26(16-14-19)20-9-11-21(28-4)12-10-20/h5-12,19H,13-16H2,1-4H3. The minimum atomic E-state index is -0.685. The van der Waals surface area contributed by atoms with Crippen LogP contribution in [0.15, 0.2) is 48.5 Å². The lowest BCUT2D eigenvalue weighted by Gasteiger charge is -2.40. The fraction of sp³-hybridized carbons (Fsp3) is 0.435. The van der Waals surface area contributed by atoms with Crippen LogP contribution in [0.5, 0.6) is 5.75 Å². The fourth-order valence-electron chi connectivity index (χ4n) is 3.90. The average molecular weight is 384 g/mol. The molecule has 2 aromatic rings. The molecule has 150 valence electrons. The molecule has 1 amide bonds. The van der Waals surface area contributed by atoms with Gasteiger partial charge < -0.3 is 14.5 Å². The average Bonchev–Trinajstić information content (AvgIpc) is 2.73. The number of amides is 1. The van der Waals surface area contributed by atoms with E-state index in [-0.39, 0.29) is 17.8 Å². The molecule has 1 aliphatic heterocycles. The number of carbonyl (C=O) groups is 1. The van der Waals surface area contributed by atoms with Crippen LogP contribution in [0, 0.1) is 5.82 Å². The number of rotatable bonds is 5. The lowest BCUT2D eigenvalue weighted by molar-refractivity contribution is -0.137. The number of likely N-dealkylation sites (N-methyl/N-ethyl adjacent to an activating group) is 1. The van der Waals surface area contributed by atoms with Crippen molar-refractivity contribution in [3.8, 4) is 5.75 Å². The van der Waals surface area contributed by atoms with E-state index in [2.05, 4.69) is 17.0 Å². The first-order valence-electron chi connectivity index (χ1n) is 9.75. The summed E-state index contributed by atoms with van der Waals surface area (Å²) in [5.74, 6) is 0.639. The number of hydrogen-bond donors (Lipinski definition) is 0. The number of halogens is 1. The van der Waals surface area contributed by atoms with Crippen LogP contribution in [-0.4, -0.2) is 44.1 Å². The molecule has 1 heterocycles. The van der Waals surface area contributed by atoms with Gasteiger partial charge in [0.2, 0.25) is 5.91 Å². The fourth-order valence-corrected chi connectivity index (χ4v) is 3.90. The molecule has 0 bridgehead atoms. The number of piperidine rings is 1. The highest BCUT2D eigenvalue weighted by molar-refractivity contribution is 5.87. The molecule has 4 nitrogen and oxygen atoms in total. The third kappa shape index (κ3) is 4.13. The number of methoxy groups -OCH3 is 1. The molecular formula is C23H29FN2O2. The van der Waals surface area contributed by atoms with Crippen LogP contribution in [0.25, 0.3) is 0 Å². The van der Waals surface area contributed by atoms with Crippen molar-refractivity contribution >= 4 is 11.6 Å². The van der Waals surface area contributed by atoms with Crippen molar-refractivity contribution in [1.29, 1.82) is 0 Å². The highest BCUT2D eigenvalue weighted by Crippen LogP contribution is 2.29. The van der Waals surface area contributed by atoms with Crippen LogP contribution < -0.4 is 9.64 Å². The van der Waals surface area contributed by atoms with Gasteiger partial charge in [0.05, 0.1) is 12.5 Å². The van der Waals surface area contributed by atoms with Gasteiger partial charge in [-0.1, -0.05) is 12.1 Å². The maximum absolute atomic E-state index is 13.2. The van der Waals surface area contributed by atoms with Crippen molar-refractivity contribution in [1.82, 2.24) is 4.90 Å². The van der Waals surface area contributed by atoms with Crippen molar-refractivity contribution < 1.29 is 13.9 Å². The van der Waals surface area contributed by atoms with Gasteiger partial charge in [0.15, 0.2) is 0 Å². The number of ether oxygens (including phenoxy) is 1. The second-order valence-electron chi connectivity index (χ2n) is 7.96. The van der Waals surface area contributed by atoms with Gasteiger partial charge in [0.1, 0.15) is 11.6 Å². The van der Waals surface area contributed by atoms with Crippen molar-refractivity contribution in [3.05, 3.63) is 59.9 Å². The zero-order chi connectivity index (χ0) is 20.3. The SMILES string of the molecule is COc1ccc(N2CCC(N(C)C(=O)C(C)(C)c3ccc(F)cc3)CC2)cc1. The van der Waals surface area contributed by atoms with E-state index in [4.69, 9.17) is 4.74 Å². The molecule has 0 N–H and O–H groups in total. The summed E-state index contributed by atoms with van der Waals surface area (Å²) in [5, 5.41) is 0. The quantitative estimate of drug-likeness (QED) is 0.773. The Bertz CT molecular complexity index is 794. The predicted octanol–water partition coefficient (Wildman–Crippen LogP) is 4.24. The van der Waals surface area contributed by atoms with Gasteiger partial charge in [-0.25, -0.2) is 4.39 Å². The molecule has 1 fully saturated rings. The molecule has 0 radical (unpaired) electrons. The van der Waals surface area contributed by atoms with Gasteiger partial charge in [-0.3, -0.25) is 4.79 Å². The number of hydrogen-bond acceptors (Lipinski definition) is 3. The van der Waals surface area contributed by atoms with Crippen molar-refractivity contribution in [2.45, 2.75) is 38.1 Å². The number of benzene rings is 2. The summed E-state index contributed by atoms with van der Waals surface area (Å²) in [4.78, 5) is 17.4. The number of nitrogens with zero attached hydrogens (tertiary/aromatic N) is 2. The number of anilines is 1. The Kier molecular flexibility index (Phi) is 5.92. The van der Waals surface area contributed by atoms with E-state index in [1.807, 2.05) is 37.9 Å². The molecule has 0 saturated carbocycles. The second-order valence-corrected chi connectivity index (χ2v) is 7.96. The molecule has 5 heteroatoms. The Morgan fingerprint density at radius 3 is 2.18 bits per heavy atom. The van der Waals surface area contributed by atoms with Crippen LogP contribution in [0.2, 0.25) is 0 Å². The number of carbonyl (C=O) groups excluding carboxylic acids is 1. The molecule has 0 spiro atoms. The van der Waals surface area contributed by atoms with Crippen molar-refractivity contribution in [2.75, 3.05) is 32.1 Å². The molecule has 0 aromatic heterocycles. The summed E-state index contributed by atoms with van der Waals surface area (Å²) >= 11 is 0. The van der Waals surface area contributed by atoms with Crippen LogP contribution in [-0.2, 0) is 10.2 Å². The van der Waals surface area contributed by atoms with E-state index in [0.29, 0.717) is 0 Å². The lowest BCUT2D eigenvalue weighted by Crippen LogP contribution is -2.50. The first kappa shape index (κ1) is 20.2. The van der Waals surface area contributed by atoms with Crippen molar-refractivity contribution in [2.24, 2.45) is 0 Å². The van der Waals surface area contributed by atoms with Crippen LogP contribution >= 0.6 is 0 Å². The predicted molar refractivity (Wildman–Crippen MR) is 110 cm³/mol. The van der Waals surface area contributed by atoms with Crippen LogP contribution in [0.3, 0.4) is 0 Å². The molecule has 1 saturated heterocycles. The van der Waals surface area contributed by atoms with Gasteiger partial charge in [-0.05, 0) is 68.7 Å². The zero-order valence-corrected chi connectivity index (χ0v) is 17.1. The molecule has 1 aliphatic rings. The van der Waals surface area contributed by atoms with Gasteiger partial charge in [-0.2, -0.15) is 0 Å². The summed E-state index contributed by atoms with van der Waals surface area (Å²) < 4.78 is 18.5. The third-order valence-electron chi connectivity index (χ3n) is 5.87. The topological polar surface area (TPSA) is 32.8 Å². The Balaban J connectivity index is 1.62. The molecule has 0 aliphatic carbocycles. The monoisotopic (exact) mass is 384 g/mol. The third-order valence-corrected chi connectivity index (χ3v) is 5.87. The van der Waals surface area contributed by atoms with Gasteiger partial charge in [0.25, 0.3) is 0 Å². The van der Waals surface area contributed by atoms with E-state index < -0.39 is 5.41 Å². The second kappa shape index (κ2) is 8.21. The highest BCUT2D eigenvalue weighted by Gasteiger charge is 2.36. The van der Waals surface area contributed by atoms with E-state index in [0.717, 1.165) is 37.2 Å². The summed E-state index contributed by atoms with van der Waals surface area (Å²) in [6.45, 7) is 5.63. The van der Waals surface area contributed by atoms with E-state index in [1.54, 1.807) is 19.2 Å². The minimum absolute atomic E-state index is 0.0713. The Labute approximate surface area is 166 Å². The lowest BCUT2D eigenvalue weighted by atomic mass is 9.82. The van der Waals surface area contributed by atoms with Gasteiger partial charge >= 0.3 is 0 Å². The summed E-state index contributed by atoms with van der Waals surface area (Å²) in [6.07, 6.45) is 1.85. The Morgan fingerprint density at radius 1 is 1.07 bits per heavy atom. The maximum atomic E-state index is 13.2. The first-order valence-corrected chi connectivity index (χ1v) is 9.75. The normalized spacial score (nSPS) is 15.4. The van der Waals surface area contributed by atoms with Gasteiger partial charge in [0, 0.05) is 31.9 Å². The van der Waals surface area contributed by atoms with Gasteiger partial charge in [-0.15, -0.1) is 0 Å². The molecule has 28 heavy (non-hydrogen) atoms. The van der Waals surface area contributed by atoms with Crippen molar-refractivity contribution in [3.63, 3.8) is 0 Å². The molecule has 0 unspecified atom stereocenters. The smallest absolute Gasteiger partial charge is 0.232 e. The summed E-state index contributed by atoms with van der Waals surface area (Å²) in [5.41, 5.74) is 1.33. The van der Waals surface area contributed by atoms with Crippen LogP contribution in [0.1, 0.15) is 32.3 Å². The Morgan fingerprint density at radius 2 is 1.64 bits per heavy atom. The molecule has 0 atom stereocenters.